The van der Waals surface area contributed by atoms with Crippen LogP contribution in [0.3, 0.4) is 0 Å². The number of rotatable bonds is 3. The summed E-state index contributed by atoms with van der Waals surface area (Å²) in [6.07, 6.45) is 2.61. The highest BCUT2D eigenvalue weighted by atomic mass is 15.0. The molecular weight excluding hydrogens is 208 g/mol. The summed E-state index contributed by atoms with van der Waals surface area (Å²) in [6, 6.07) is 9.58. The molecule has 2 nitrogen and oxygen atoms in total. The molecule has 1 aliphatic rings. The monoisotopic (exact) mass is 232 g/mol. The van der Waals surface area contributed by atoms with E-state index < -0.39 is 0 Å². The molecule has 1 N–H and O–H groups in total. The molecule has 0 saturated carbocycles. The summed E-state index contributed by atoms with van der Waals surface area (Å²) in [5.74, 6) is 0.830. The molecule has 0 amide bonds. The summed E-state index contributed by atoms with van der Waals surface area (Å²) in [5, 5.41) is 3.65. The molecule has 1 fully saturated rings. The Kier molecular flexibility index (Phi) is 4.19. The van der Waals surface area contributed by atoms with Crippen LogP contribution >= 0.6 is 0 Å². The van der Waals surface area contributed by atoms with E-state index in [2.05, 4.69) is 55.5 Å². The highest BCUT2D eigenvalue weighted by Crippen LogP contribution is 2.26. The zero-order chi connectivity index (χ0) is 12.3. The topological polar surface area (TPSA) is 15.3 Å². The Balaban J connectivity index is 2.05. The van der Waals surface area contributed by atoms with Crippen LogP contribution < -0.4 is 5.32 Å². The lowest BCUT2D eigenvalue weighted by atomic mass is 9.91. The fraction of sp³-hybridized carbons (Fsp3) is 0.600. The maximum atomic E-state index is 3.65. The Labute approximate surface area is 105 Å². The maximum Gasteiger partial charge on any atom is 0.0320 e. The summed E-state index contributed by atoms with van der Waals surface area (Å²) >= 11 is 0. The van der Waals surface area contributed by atoms with Crippen molar-refractivity contribution in [2.45, 2.75) is 32.4 Å². The second-order valence-corrected chi connectivity index (χ2v) is 5.63. The fourth-order valence-electron chi connectivity index (χ4n) is 2.56. The summed E-state index contributed by atoms with van der Waals surface area (Å²) in [7, 11) is 4.24. The first-order chi connectivity index (χ1) is 8.15. The molecule has 1 aromatic rings. The molecule has 0 spiro atoms. The van der Waals surface area contributed by atoms with Crippen molar-refractivity contribution in [1.82, 2.24) is 10.2 Å². The molecule has 2 atom stereocenters. The molecule has 1 aromatic carbocycles. The van der Waals surface area contributed by atoms with E-state index in [-0.39, 0.29) is 0 Å². The number of piperidine rings is 1. The Bertz CT molecular complexity index is 352. The standard InChI is InChI=1S/C15H24N2/c1-12-7-8-15(16-10-12)14-6-4-5-13(9-14)11-17(2)3/h4-6,9,12,15-16H,7-8,10-11H2,1-3H3/t12-,15+/m0/s1. The normalized spacial score (nSPS) is 25.2. The van der Waals surface area contributed by atoms with Gasteiger partial charge in [-0.15, -0.1) is 0 Å². The van der Waals surface area contributed by atoms with Crippen LogP contribution in [0.25, 0.3) is 0 Å². The first-order valence-corrected chi connectivity index (χ1v) is 6.62. The zero-order valence-corrected chi connectivity index (χ0v) is 11.2. The summed E-state index contributed by atoms with van der Waals surface area (Å²) in [6.45, 7) is 4.51. The minimum Gasteiger partial charge on any atom is -0.310 e. The summed E-state index contributed by atoms with van der Waals surface area (Å²) < 4.78 is 0. The quantitative estimate of drug-likeness (QED) is 0.862. The van der Waals surface area contributed by atoms with E-state index in [4.69, 9.17) is 0 Å². The van der Waals surface area contributed by atoms with Crippen LogP contribution in [-0.4, -0.2) is 25.5 Å². The third-order valence-corrected chi connectivity index (χ3v) is 3.51. The largest absolute Gasteiger partial charge is 0.310 e. The first kappa shape index (κ1) is 12.6. The van der Waals surface area contributed by atoms with Gasteiger partial charge in [-0.3, -0.25) is 0 Å². The highest BCUT2D eigenvalue weighted by molar-refractivity contribution is 5.26. The van der Waals surface area contributed by atoms with E-state index in [0.717, 1.165) is 19.0 Å². The smallest absolute Gasteiger partial charge is 0.0320 e. The number of hydrogen-bond donors (Lipinski definition) is 1. The predicted octanol–water partition coefficient (Wildman–Crippen LogP) is 2.81. The summed E-state index contributed by atoms with van der Waals surface area (Å²) in [5.41, 5.74) is 2.86. The van der Waals surface area contributed by atoms with Crippen molar-refractivity contribution in [2.75, 3.05) is 20.6 Å². The Morgan fingerprint density at radius 3 is 2.76 bits per heavy atom. The first-order valence-electron chi connectivity index (χ1n) is 6.62. The SMILES string of the molecule is C[C@H]1CC[C@H](c2cccc(CN(C)C)c2)NC1. The molecule has 94 valence electrons. The van der Waals surface area contributed by atoms with Gasteiger partial charge in [0.15, 0.2) is 0 Å². The van der Waals surface area contributed by atoms with Crippen molar-refractivity contribution in [3.8, 4) is 0 Å². The van der Waals surface area contributed by atoms with Gasteiger partial charge in [-0.25, -0.2) is 0 Å². The van der Waals surface area contributed by atoms with Crippen LogP contribution in [0.2, 0.25) is 0 Å². The minimum atomic E-state index is 0.563. The molecule has 0 bridgehead atoms. The number of hydrogen-bond acceptors (Lipinski definition) is 2. The lowest BCUT2D eigenvalue weighted by Crippen LogP contribution is -2.31. The molecule has 0 radical (unpaired) electrons. The van der Waals surface area contributed by atoms with Crippen LogP contribution in [0, 0.1) is 5.92 Å². The van der Waals surface area contributed by atoms with Gasteiger partial charge in [-0.05, 0) is 50.5 Å². The van der Waals surface area contributed by atoms with Gasteiger partial charge in [-0.1, -0.05) is 31.2 Å². The van der Waals surface area contributed by atoms with Gasteiger partial charge in [0.2, 0.25) is 0 Å². The third kappa shape index (κ3) is 3.55. The molecular formula is C15H24N2. The van der Waals surface area contributed by atoms with E-state index in [1.807, 2.05) is 0 Å². The molecule has 0 aliphatic carbocycles. The molecule has 0 aromatic heterocycles. The van der Waals surface area contributed by atoms with Gasteiger partial charge in [0.1, 0.15) is 0 Å². The Hall–Kier alpha value is -0.860. The van der Waals surface area contributed by atoms with Crippen LogP contribution in [0.15, 0.2) is 24.3 Å². The minimum absolute atomic E-state index is 0.563. The zero-order valence-electron chi connectivity index (χ0n) is 11.2. The van der Waals surface area contributed by atoms with Crippen molar-refractivity contribution < 1.29 is 0 Å². The Morgan fingerprint density at radius 1 is 1.29 bits per heavy atom. The van der Waals surface area contributed by atoms with E-state index in [1.54, 1.807) is 0 Å². The van der Waals surface area contributed by atoms with Crippen molar-refractivity contribution in [2.24, 2.45) is 5.92 Å². The van der Waals surface area contributed by atoms with Crippen LogP contribution in [0.5, 0.6) is 0 Å². The second-order valence-electron chi connectivity index (χ2n) is 5.63. The van der Waals surface area contributed by atoms with Crippen molar-refractivity contribution in [1.29, 1.82) is 0 Å². The van der Waals surface area contributed by atoms with E-state index in [0.29, 0.717) is 6.04 Å². The highest BCUT2D eigenvalue weighted by Gasteiger charge is 2.18. The fourth-order valence-corrected chi connectivity index (χ4v) is 2.56. The van der Waals surface area contributed by atoms with Crippen molar-refractivity contribution in [3.05, 3.63) is 35.4 Å². The van der Waals surface area contributed by atoms with Gasteiger partial charge in [0, 0.05) is 12.6 Å². The number of benzene rings is 1. The van der Waals surface area contributed by atoms with E-state index >= 15 is 0 Å². The lowest BCUT2D eigenvalue weighted by molar-refractivity contribution is 0.332. The second kappa shape index (κ2) is 5.65. The van der Waals surface area contributed by atoms with Gasteiger partial charge in [0.25, 0.3) is 0 Å². The molecule has 0 unspecified atom stereocenters. The van der Waals surface area contributed by atoms with E-state index in [9.17, 15) is 0 Å². The van der Waals surface area contributed by atoms with Crippen LogP contribution in [0.4, 0.5) is 0 Å². The average molecular weight is 232 g/mol. The Morgan fingerprint density at radius 2 is 2.12 bits per heavy atom. The maximum absolute atomic E-state index is 3.65. The molecule has 1 aliphatic heterocycles. The van der Waals surface area contributed by atoms with Gasteiger partial charge in [-0.2, -0.15) is 0 Å². The number of nitrogens with zero attached hydrogens (tertiary/aromatic N) is 1. The van der Waals surface area contributed by atoms with E-state index in [1.165, 1.54) is 24.0 Å². The lowest BCUT2D eigenvalue weighted by Gasteiger charge is -2.28. The molecule has 1 saturated heterocycles. The molecule has 17 heavy (non-hydrogen) atoms. The molecule has 2 heteroatoms. The molecule has 2 rings (SSSR count). The van der Waals surface area contributed by atoms with Crippen molar-refractivity contribution in [3.63, 3.8) is 0 Å². The van der Waals surface area contributed by atoms with Gasteiger partial charge < -0.3 is 10.2 Å². The van der Waals surface area contributed by atoms with Crippen molar-refractivity contribution >= 4 is 0 Å². The van der Waals surface area contributed by atoms with Gasteiger partial charge >= 0.3 is 0 Å². The number of nitrogens with one attached hydrogen (secondary N) is 1. The third-order valence-electron chi connectivity index (χ3n) is 3.51. The van der Waals surface area contributed by atoms with Crippen LogP contribution in [-0.2, 0) is 6.54 Å². The molecule has 1 heterocycles. The summed E-state index contributed by atoms with van der Waals surface area (Å²) in [4.78, 5) is 2.22. The van der Waals surface area contributed by atoms with Gasteiger partial charge in [0.05, 0.1) is 0 Å². The van der Waals surface area contributed by atoms with Crippen LogP contribution in [0.1, 0.15) is 36.9 Å². The predicted molar refractivity (Wildman–Crippen MR) is 73.0 cm³/mol. The average Bonchev–Trinajstić information content (AvgIpc) is 2.29.